The van der Waals surface area contributed by atoms with Gasteiger partial charge in [0.15, 0.2) is 5.65 Å². The molecule has 0 saturated heterocycles. The summed E-state index contributed by atoms with van der Waals surface area (Å²) in [6, 6.07) is 3.93. The molecule has 0 spiro atoms. The summed E-state index contributed by atoms with van der Waals surface area (Å²) in [6.07, 6.45) is 0. The number of nitrogens with zero attached hydrogens (tertiary/aromatic N) is 3. The van der Waals surface area contributed by atoms with Crippen LogP contribution in [0.4, 0.5) is 0 Å². The normalized spacial score (nSPS) is 13.2. The summed E-state index contributed by atoms with van der Waals surface area (Å²) in [5.41, 5.74) is 2.74. The van der Waals surface area contributed by atoms with Crippen LogP contribution in [0.3, 0.4) is 0 Å². The lowest BCUT2D eigenvalue weighted by molar-refractivity contribution is 0.187. The van der Waals surface area contributed by atoms with Gasteiger partial charge in [0, 0.05) is 19.3 Å². The number of pyridine rings is 1. The van der Waals surface area contributed by atoms with E-state index in [1.165, 1.54) is 0 Å². The van der Waals surface area contributed by atoms with Crippen LogP contribution >= 0.6 is 11.6 Å². The summed E-state index contributed by atoms with van der Waals surface area (Å²) in [7, 11) is 1.68. The lowest BCUT2D eigenvalue weighted by atomic mass is 10.3. The van der Waals surface area contributed by atoms with Gasteiger partial charge in [-0.2, -0.15) is 0 Å². The SMILES string of the molecule is COCCn1c(C(C)Cl)nc2ccc(C)nc21. The number of imidazole rings is 1. The van der Waals surface area contributed by atoms with Gasteiger partial charge in [0.2, 0.25) is 0 Å². The van der Waals surface area contributed by atoms with Gasteiger partial charge in [-0.05, 0) is 26.0 Å². The number of rotatable bonds is 4. The fraction of sp³-hybridized carbons (Fsp3) is 0.500. The van der Waals surface area contributed by atoms with E-state index in [9.17, 15) is 0 Å². The zero-order chi connectivity index (χ0) is 12.4. The lowest BCUT2D eigenvalue weighted by Gasteiger charge is -2.09. The van der Waals surface area contributed by atoms with E-state index in [1.807, 2.05) is 30.5 Å². The molecule has 2 aromatic heterocycles. The number of alkyl halides is 1. The van der Waals surface area contributed by atoms with Crippen molar-refractivity contribution < 1.29 is 4.74 Å². The first-order valence-corrected chi connectivity index (χ1v) is 6.04. The lowest BCUT2D eigenvalue weighted by Crippen LogP contribution is -2.09. The number of hydrogen-bond acceptors (Lipinski definition) is 3. The quantitative estimate of drug-likeness (QED) is 0.787. The number of hydrogen-bond donors (Lipinski definition) is 0. The van der Waals surface area contributed by atoms with E-state index >= 15 is 0 Å². The van der Waals surface area contributed by atoms with Crippen molar-refractivity contribution in [3.05, 3.63) is 23.7 Å². The minimum Gasteiger partial charge on any atom is -0.383 e. The van der Waals surface area contributed by atoms with Crippen molar-refractivity contribution in [2.24, 2.45) is 0 Å². The fourth-order valence-corrected chi connectivity index (χ4v) is 1.99. The van der Waals surface area contributed by atoms with Crippen molar-refractivity contribution in [2.75, 3.05) is 13.7 Å². The molecule has 0 saturated carbocycles. The molecule has 0 aliphatic heterocycles. The molecule has 0 bridgehead atoms. The maximum atomic E-state index is 6.15. The van der Waals surface area contributed by atoms with Crippen molar-refractivity contribution >= 4 is 22.8 Å². The molecule has 0 aliphatic carbocycles. The van der Waals surface area contributed by atoms with Crippen molar-refractivity contribution in [2.45, 2.75) is 25.8 Å². The Bertz CT molecular complexity index is 522. The highest BCUT2D eigenvalue weighted by molar-refractivity contribution is 6.20. The summed E-state index contributed by atoms with van der Waals surface area (Å²) >= 11 is 6.15. The monoisotopic (exact) mass is 253 g/mol. The van der Waals surface area contributed by atoms with Crippen molar-refractivity contribution in [3.8, 4) is 0 Å². The van der Waals surface area contributed by atoms with Crippen molar-refractivity contribution in [1.29, 1.82) is 0 Å². The first kappa shape index (κ1) is 12.3. The smallest absolute Gasteiger partial charge is 0.160 e. The molecule has 0 radical (unpaired) electrons. The summed E-state index contributed by atoms with van der Waals surface area (Å²) in [5, 5.41) is -0.138. The van der Waals surface area contributed by atoms with Gasteiger partial charge < -0.3 is 9.30 Å². The molecule has 0 N–H and O–H groups in total. The number of fused-ring (bicyclic) bond motifs is 1. The highest BCUT2D eigenvalue weighted by Gasteiger charge is 2.15. The number of ether oxygens (including phenoxy) is 1. The predicted molar refractivity (Wildman–Crippen MR) is 68.4 cm³/mol. The minimum atomic E-state index is -0.138. The number of aromatic nitrogens is 3. The van der Waals surface area contributed by atoms with Gasteiger partial charge in [0.05, 0.1) is 12.0 Å². The third-order valence-electron chi connectivity index (χ3n) is 2.64. The van der Waals surface area contributed by atoms with E-state index < -0.39 is 0 Å². The van der Waals surface area contributed by atoms with E-state index in [0.29, 0.717) is 6.61 Å². The Morgan fingerprint density at radius 2 is 2.18 bits per heavy atom. The second kappa shape index (κ2) is 5.02. The summed E-state index contributed by atoms with van der Waals surface area (Å²) < 4.78 is 7.14. The fourth-order valence-electron chi connectivity index (χ4n) is 1.82. The highest BCUT2D eigenvalue weighted by atomic mass is 35.5. The first-order valence-electron chi connectivity index (χ1n) is 5.60. The van der Waals surface area contributed by atoms with Crippen molar-refractivity contribution in [3.63, 3.8) is 0 Å². The Kier molecular flexibility index (Phi) is 3.64. The summed E-state index contributed by atoms with van der Waals surface area (Å²) in [6.45, 7) is 5.23. The molecule has 2 rings (SSSR count). The van der Waals surface area contributed by atoms with E-state index in [2.05, 4.69) is 9.97 Å². The number of methoxy groups -OCH3 is 1. The largest absolute Gasteiger partial charge is 0.383 e. The molecule has 2 heterocycles. The molecular formula is C12H16ClN3O. The van der Waals surface area contributed by atoms with Crippen LogP contribution in [0.1, 0.15) is 23.8 Å². The van der Waals surface area contributed by atoms with Gasteiger partial charge in [-0.25, -0.2) is 9.97 Å². The van der Waals surface area contributed by atoms with Crippen molar-refractivity contribution in [1.82, 2.24) is 14.5 Å². The number of halogens is 1. The standard InChI is InChI=1S/C12H16ClN3O/c1-8-4-5-10-12(14-8)16(6-7-17-3)11(15-10)9(2)13/h4-5,9H,6-7H2,1-3H3. The maximum absolute atomic E-state index is 6.15. The van der Waals surface area contributed by atoms with Gasteiger partial charge in [-0.15, -0.1) is 11.6 Å². The third kappa shape index (κ3) is 2.42. The van der Waals surface area contributed by atoms with E-state index in [-0.39, 0.29) is 5.38 Å². The van der Waals surface area contributed by atoms with Crippen LogP contribution in [-0.2, 0) is 11.3 Å². The van der Waals surface area contributed by atoms with Crippen LogP contribution in [0.15, 0.2) is 12.1 Å². The van der Waals surface area contributed by atoms with Crippen LogP contribution in [0.2, 0.25) is 0 Å². The zero-order valence-electron chi connectivity index (χ0n) is 10.3. The minimum absolute atomic E-state index is 0.138. The summed E-state index contributed by atoms with van der Waals surface area (Å²) in [4.78, 5) is 9.04. The Morgan fingerprint density at radius 1 is 1.41 bits per heavy atom. The topological polar surface area (TPSA) is 39.9 Å². The van der Waals surface area contributed by atoms with Crippen LogP contribution < -0.4 is 0 Å². The molecule has 17 heavy (non-hydrogen) atoms. The molecule has 92 valence electrons. The van der Waals surface area contributed by atoms with E-state index in [0.717, 1.165) is 29.2 Å². The van der Waals surface area contributed by atoms with Gasteiger partial charge in [-0.1, -0.05) is 0 Å². The molecule has 0 aromatic carbocycles. The van der Waals surface area contributed by atoms with E-state index in [1.54, 1.807) is 7.11 Å². The third-order valence-corrected chi connectivity index (χ3v) is 2.83. The Labute approximate surface area is 106 Å². The second-order valence-electron chi connectivity index (χ2n) is 4.03. The van der Waals surface area contributed by atoms with Crippen LogP contribution in [-0.4, -0.2) is 28.3 Å². The zero-order valence-corrected chi connectivity index (χ0v) is 11.0. The molecular weight excluding hydrogens is 238 g/mol. The molecule has 1 unspecified atom stereocenters. The molecule has 4 nitrogen and oxygen atoms in total. The second-order valence-corrected chi connectivity index (χ2v) is 4.68. The van der Waals surface area contributed by atoms with Gasteiger partial charge >= 0.3 is 0 Å². The number of aryl methyl sites for hydroxylation is 1. The molecule has 0 fully saturated rings. The Balaban J connectivity index is 2.56. The van der Waals surface area contributed by atoms with Gasteiger partial charge in [0.25, 0.3) is 0 Å². The van der Waals surface area contributed by atoms with Crippen LogP contribution in [0.5, 0.6) is 0 Å². The maximum Gasteiger partial charge on any atom is 0.160 e. The van der Waals surface area contributed by atoms with E-state index in [4.69, 9.17) is 16.3 Å². The summed E-state index contributed by atoms with van der Waals surface area (Å²) in [5.74, 6) is 0.844. The molecule has 0 amide bonds. The average Bonchev–Trinajstić information content (AvgIpc) is 2.64. The molecule has 0 aliphatic rings. The predicted octanol–water partition coefficient (Wildman–Crippen LogP) is 2.69. The van der Waals surface area contributed by atoms with Gasteiger partial charge in [0.1, 0.15) is 11.3 Å². The van der Waals surface area contributed by atoms with Gasteiger partial charge in [-0.3, -0.25) is 0 Å². The average molecular weight is 254 g/mol. The Hall–Kier alpha value is -1.13. The molecule has 5 heteroatoms. The molecule has 1 atom stereocenters. The Morgan fingerprint density at radius 3 is 2.82 bits per heavy atom. The highest BCUT2D eigenvalue weighted by Crippen LogP contribution is 2.23. The first-order chi connectivity index (χ1) is 8.13. The van der Waals surface area contributed by atoms with Crippen LogP contribution in [0, 0.1) is 6.92 Å². The van der Waals surface area contributed by atoms with Crippen LogP contribution in [0.25, 0.3) is 11.2 Å². The molecule has 2 aromatic rings.